The summed E-state index contributed by atoms with van der Waals surface area (Å²) in [5.41, 5.74) is 1.32. The minimum Gasteiger partial charge on any atom is -0.480 e. The van der Waals surface area contributed by atoms with Crippen LogP contribution < -0.4 is 5.32 Å². The van der Waals surface area contributed by atoms with E-state index < -0.39 is 12.0 Å². The topological polar surface area (TPSA) is 75.1 Å². The third kappa shape index (κ3) is 3.05. The SMILES string of the molecule is CSCC[C@@H](Nc1ncnc2sc3c(c12)CCCC3)C(=O)O. The minimum absolute atomic E-state index is 0.578. The number of aryl methyl sites for hydroxylation is 2. The van der Waals surface area contributed by atoms with Gasteiger partial charge in [-0.3, -0.25) is 0 Å². The first-order valence-corrected chi connectivity index (χ1v) is 9.65. The number of carboxylic acid groups (broad SMARTS) is 1. The van der Waals surface area contributed by atoms with Gasteiger partial charge in [0.15, 0.2) is 0 Å². The van der Waals surface area contributed by atoms with Gasteiger partial charge in [0.1, 0.15) is 23.0 Å². The predicted octanol–water partition coefficient (Wildman–Crippen LogP) is 3.19. The molecule has 3 rings (SSSR count). The van der Waals surface area contributed by atoms with Crippen molar-refractivity contribution in [3.63, 3.8) is 0 Å². The van der Waals surface area contributed by atoms with Gasteiger partial charge in [-0.05, 0) is 49.7 Å². The number of carbonyl (C=O) groups is 1. The Balaban J connectivity index is 1.95. The molecule has 2 heterocycles. The summed E-state index contributed by atoms with van der Waals surface area (Å²) in [5.74, 6) is 0.655. The molecule has 2 aromatic heterocycles. The van der Waals surface area contributed by atoms with Crippen molar-refractivity contribution in [2.24, 2.45) is 0 Å². The highest BCUT2D eigenvalue weighted by atomic mass is 32.2. The summed E-state index contributed by atoms with van der Waals surface area (Å²) in [6.45, 7) is 0. The summed E-state index contributed by atoms with van der Waals surface area (Å²) < 4.78 is 0. The van der Waals surface area contributed by atoms with E-state index in [9.17, 15) is 9.90 Å². The minimum atomic E-state index is -0.829. The molecule has 0 aromatic carbocycles. The zero-order valence-corrected chi connectivity index (χ0v) is 14.1. The number of fused-ring (bicyclic) bond motifs is 3. The number of carboxylic acids is 1. The molecule has 0 spiro atoms. The lowest BCUT2D eigenvalue weighted by Gasteiger charge is -2.16. The Hall–Kier alpha value is -1.34. The molecule has 0 fully saturated rings. The molecule has 2 aromatic rings. The van der Waals surface area contributed by atoms with Crippen LogP contribution in [0.4, 0.5) is 5.82 Å². The summed E-state index contributed by atoms with van der Waals surface area (Å²) in [4.78, 5) is 22.5. The molecule has 2 N–H and O–H groups in total. The van der Waals surface area contributed by atoms with Crippen LogP contribution >= 0.6 is 23.1 Å². The van der Waals surface area contributed by atoms with Crippen LogP contribution in [0, 0.1) is 0 Å². The van der Waals surface area contributed by atoms with Crippen LogP contribution in [-0.2, 0) is 17.6 Å². The highest BCUT2D eigenvalue weighted by Crippen LogP contribution is 2.38. The van der Waals surface area contributed by atoms with E-state index >= 15 is 0 Å². The zero-order chi connectivity index (χ0) is 15.5. The van der Waals surface area contributed by atoms with Gasteiger partial charge in [-0.15, -0.1) is 11.3 Å². The maximum atomic E-state index is 11.5. The zero-order valence-electron chi connectivity index (χ0n) is 12.5. The second-order valence-electron chi connectivity index (χ2n) is 5.43. The molecule has 1 aliphatic carbocycles. The van der Waals surface area contributed by atoms with Crippen LogP contribution in [0.2, 0.25) is 0 Å². The molecule has 0 unspecified atom stereocenters. The Morgan fingerprint density at radius 1 is 1.45 bits per heavy atom. The summed E-state index contributed by atoms with van der Waals surface area (Å²) in [6.07, 6.45) is 8.64. The monoisotopic (exact) mass is 337 g/mol. The molecule has 0 bridgehead atoms. The average Bonchev–Trinajstić information content (AvgIpc) is 2.90. The molecular formula is C15H19N3O2S2. The number of nitrogens with one attached hydrogen (secondary N) is 1. The lowest BCUT2D eigenvalue weighted by molar-refractivity contribution is -0.137. The van der Waals surface area contributed by atoms with Gasteiger partial charge < -0.3 is 10.4 Å². The first kappa shape index (κ1) is 15.6. The number of hydrogen-bond donors (Lipinski definition) is 2. The van der Waals surface area contributed by atoms with Crippen LogP contribution in [0.5, 0.6) is 0 Å². The van der Waals surface area contributed by atoms with Crippen LogP contribution in [0.1, 0.15) is 29.7 Å². The number of hydrogen-bond acceptors (Lipinski definition) is 6. The van der Waals surface area contributed by atoms with Gasteiger partial charge in [0, 0.05) is 4.88 Å². The molecule has 1 atom stereocenters. The smallest absolute Gasteiger partial charge is 0.326 e. The molecule has 118 valence electrons. The van der Waals surface area contributed by atoms with Gasteiger partial charge in [-0.2, -0.15) is 11.8 Å². The van der Waals surface area contributed by atoms with Crippen molar-refractivity contribution in [2.45, 2.75) is 38.1 Å². The van der Waals surface area contributed by atoms with E-state index in [1.165, 1.54) is 29.6 Å². The van der Waals surface area contributed by atoms with E-state index in [1.54, 1.807) is 23.1 Å². The van der Waals surface area contributed by atoms with Gasteiger partial charge in [0.25, 0.3) is 0 Å². The highest BCUT2D eigenvalue weighted by Gasteiger charge is 2.23. The lowest BCUT2D eigenvalue weighted by atomic mass is 9.97. The van der Waals surface area contributed by atoms with Gasteiger partial charge >= 0.3 is 5.97 Å². The molecule has 22 heavy (non-hydrogen) atoms. The molecule has 0 saturated heterocycles. The highest BCUT2D eigenvalue weighted by molar-refractivity contribution is 7.98. The van der Waals surface area contributed by atoms with E-state index in [0.29, 0.717) is 12.2 Å². The Kier molecular flexibility index (Phi) is 4.83. The second kappa shape index (κ2) is 6.83. The van der Waals surface area contributed by atoms with Gasteiger partial charge in [0.2, 0.25) is 0 Å². The standard InChI is InChI=1S/C15H19N3O2S2/c1-21-7-6-10(15(19)20)18-13-12-9-4-2-3-5-11(9)22-14(12)17-8-16-13/h8,10H,2-7H2,1H3,(H,19,20)(H,16,17,18)/t10-/m1/s1. The van der Waals surface area contributed by atoms with E-state index in [-0.39, 0.29) is 0 Å². The van der Waals surface area contributed by atoms with Gasteiger partial charge in [-0.25, -0.2) is 14.8 Å². The molecule has 0 radical (unpaired) electrons. The number of rotatable bonds is 6. The number of nitrogens with zero attached hydrogens (tertiary/aromatic N) is 2. The van der Waals surface area contributed by atoms with Crippen molar-refractivity contribution in [3.8, 4) is 0 Å². The largest absolute Gasteiger partial charge is 0.480 e. The molecule has 0 amide bonds. The lowest BCUT2D eigenvalue weighted by Crippen LogP contribution is -2.30. The fourth-order valence-electron chi connectivity index (χ4n) is 2.86. The number of anilines is 1. The summed E-state index contributed by atoms with van der Waals surface area (Å²) in [7, 11) is 0. The first-order chi connectivity index (χ1) is 10.7. The maximum Gasteiger partial charge on any atom is 0.326 e. The normalized spacial score (nSPS) is 15.5. The summed E-state index contributed by atoms with van der Waals surface area (Å²) >= 11 is 3.38. The molecule has 0 aliphatic heterocycles. The third-order valence-corrected chi connectivity index (χ3v) is 5.81. The van der Waals surface area contributed by atoms with Crippen molar-refractivity contribution < 1.29 is 9.90 Å². The quantitative estimate of drug-likeness (QED) is 0.843. The van der Waals surface area contributed by atoms with Crippen LogP contribution in [0.25, 0.3) is 10.2 Å². The summed E-state index contributed by atoms with van der Waals surface area (Å²) in [5, 5.41) is 13.6. The molecule has 0 saturated carbocycles. The third-order valence-electron chi connectivity index (χ3n) is 3.97. The number of thiophene rings is 1. The van der Waals surface area contributed by atoms with Crippen LogP contribution in [-0.4, -0.2) is 39.1 Å². The Bertz CT molecular complexity index is 687. The molecule has 7 heteroatoms. The molecule has 1 aliphatic rings. The van der Waals surface area contributed by atoms with Crippen molar-refractivity contribution in [3.05, 3.63) is 16.8 Å². The van der Waals surface area contributed by atoms with Gasteiger partial charge in [-0.1, -0.05) is 0 Å². The van der Waals surface area contributed by atoms with Crippen molar-refractivity contribution in [2.75, 3.05) is 17.3 Å². The fraction of sp³-hybridized carbons (Fsp3) is 0.533. The van der Waals surface area contributed by atoms with Crippen LogP contribution in [0.3, 0.4) is 0 Å². The Morgan fingerprint density at radius 3 is 3.05 bits per heavy atom. The Morgan fingerprint density at radius 2 is 2.27 bits per heavy atom. The summed E-state index contributed by atoms with van der Waals surface area (Å²) in [6, 6.07) is -0.607. The van der Waals surface area contributed by atoms with Gasteiger partial charge in [0.05, 0.1) is 5.39 Å². The van der Waals surface area contributed by atoms with E-state index in [1.807, 2.05) is 6.26 Å². The fourth-order valence-corrected chi connectivity index (χ4v) is 4.56. The van der Waals surface area contributed by atoms with Crippen LogP contribution in [0.15, 0.2) is 6.33 Å². The van der Waals surface area contributed by atoms with E-state index in [2.05, 4.69) is 15.3 Å². The number of aliphatic carboxylic acids is 1. The molecule has 5 nitrogen and oxygen atoms in total. The predicted molar refractivity (Wildman–Crippen MR) is 92.1 cm³/mol. The van der Waals surface area contributed by atoms with E-state index in [0.717, 1.165) is 28.8 Å². The Labute approximate surface area is 137 Å². The van der Waals surface area contributed by atoms with E-state index in [4.69, 9.17) is 0 Å². The van der Waals surface area contributed by atoms with Crippen molar-refractivity contribution in [1.29, 1.82) is 0 Å². The number of aromatic nitrogens is 2. The van der Waals surface area contributed by atoms with Crippen molar-refractivity contribution >= 4 is 45.1 Å². The molecular weight excluding hydrogens is 318 g/mol. The number of thioether (sulfide) groups is 1. The second-order valence-corrected chi connectivity index (χ2v) is 7.50. The maximum absolute atomic E-state index is 11.5. The van der Waals surface area contributed by atoms with Crippen molar-refractivity contribution in [1.82, 2.24) is 9.97 Å². The first-order valence-electron chi connectivity index (χ1n) is 7.44. The average molecular weight is 337 g/mol.